The van der Waals surface area contributed by atoms with E-state index in [0.29, 0.717) is 0 Å². The van der Waals surface area contributed by atoms with Gasteiger partial charge in [-0.3, -0.25) is 0 Å². The van der Waals surface area contributed by atoms with E-state index in [1.54, 1.807) is 12.0 Å². The van der Waals surface area contributed by atoms with Crippen molar-refractivity contribution in [3.63, 3.8) is 0 Å². The predicted molar refractivity (Wildman–Crippen MR) is 37.2 cm³/mol. The molecule has 0 aromatic heterocycles. The first-order valence-electron chi connectivity index (χ1n) is 3.40. The molecule has 0 saturated carbocycles. The highest BCUT2D eigenvalue weighted by atomic mass is 16.5. The molecule has 0 amide bonds. The topological polar surface area (TPSA) is 36.3 Å². The fourth-order valence-electron chi connectivity index (χ4n) is 1.19. The number of rotatable bonds is 1. The zero-order chi connectivity index (χ0) is 7.61. The standard InChI is InChI=1S/C7H12N2O/c1-7(10-2)3-4-9(5-7)6-8/h3-5H2,1-2H3/t7-/m1/s1. The van der Waals surface area contributed by atoms with Crippen LogP contribution >= 0.6 is 0 Å². The van der Waals surface area contributed by atoms with Gasteiger partial charge in [0.05, 0.1) is 12.1 Å². The van der Waals surface area contributed by atoms with Gasteiger partial charge in [0, 0.05) is 13.7 Å². The minimum atomic E-state index is -0.0876. The summed E-state index contributed by atoms with van der Waals surface area (Å²) in [6.07, 6.45) is 3.06. The van der Waals surface area contributed by atoms with Crippen LogP contribution in [0.5, 0.6) is 0 Å². The fourth-order valence-corrected chi connectivity index (χ4v) is 1.19. The Labute approximate surface area is 61.2 Å². The summed E-state index contributed by atoms with van der Waals surface area (Å²) in [5.74, 6) is 0. The molecule has 3 nitrogen and oxygen atoms in total. The van der Waals surface area contributed by atoms with E-state index in [1.807, 2.05) is 6.92 Å². The van der Waals surface area contributed by atoms with Crippen molar-refractivity contribution in [2.24, 2.45) is 0 Å². The molecule has 10 heavy (non-hydrogen) atoms. The van der Waals surface area contributed by atoms with Gasteiger partial charge in [0.2, 0.25) is 0 Å². The second-order valence-electron chi connectivity index (χ2n) is 2.93. The summed E-state index contributed by atoms with van der Waals surface area (Å²) < 4.78 is 5.24. The first kappa shape index (κ1) is 7.36. The van der Waals surface area contributed by atoms with Crippen LogP contribution in [0.3, 0.4) is 0 Å². The van der Waals surface area contributed by atoms with Crippen LogP contribution in [-0.2, 0) is 4.74 Å². The maximum absolute atomic E-state index is 8.51. The van der Waals surface area contributed by atoms with Crippen molar-refractivity contribution >= 4 is 0 Å². The van der Waals surface area contributed by atoms with Crippen LogP contribution in [0.4, 0.5) is 0 Å². The van der Waals surface area contributed by atoms with Crippen LogP contribution in [0, 0.1) is 11.5 Å². The van der Waals surface area contributed by atoms with Crippen molar-refractivity contribution in [3.05, 3.63) is 0 Å². The third-order valence-corrected chi connectivity index (χ3v) is 2.07. The van der Waals surface area contributed by atoms with Gasteiger partial charge in [-0.2, -0.15) is 5.26 Å². The first-order valence-corrected chi connectivity index (χ1v) is 3.40. The van der Waals surface area contributed by atoms with Gasteiger partial charge < -0.3 is 9.64 Å². The van der Waals surface area contributed by atoms with E-state index in [0.717, 1.165) is 19.5 Å². The highest BCUT2D eigenvalue weighted by molar-refractivity contribution is 4.92. The lowest BCUT2D eigenvalue weighted by Gasteiger charge is -2.20. The molecule has 1 heterocycles. The van der Waals surface area contributed by atoms with Gasteiger partial charge in [-0.15, -0.1) is 0 Å². The molecule has 0 spiro atoms. The summed E-state index contributed by atoms with van der Waals surface area (Å²) in [6.45, 7) is 3.60. The van der Waals surface area contributed by atoms with Crippen molar-refractivity contribution in [3.8, 4) is 6.19 Å². The van der Waals surface area contributed by atoms with Crippen molar-refractivity contribution in [1.82, 2.24) is 4.90 Å². The number of nitrogens with zero attached hydrogens (tertiary/aromatic N) is 2. The van der Waals surface area contributed by atoms with E-state index in [2.05, 4.69) is 6.19 Å². The molecule has 56 valence electrons. The molecule has 1 saturated heterocycles. The molecular formula is C7H12N2O. The quantitative estimate of drug-likeness (QED) is 0.500. The van der Waals surface area contributed by atoms with Crippen molar-refractivity contribution in [1.29, 1.82) is 5.26 Å². The van der Waals surface area contributed by atoms with Crippen LogP contribution in [0.1, 0.15) is 13.3 Å². The SMILES string of the molecule is CO[C@]1(C)CCN(C#N)C1. The first-order chi connectivity index (χ1) is 4.70. The molecule has 0 radical (unpaired) electrons. The molecular weight excluding hydrogens is 128 g/mol. The highest BCUT2D eigenvalue weighted by Crippen LogP contribution is 2.22. The van der Waals surface area contributed by atoms with E-state index < -0.39 is 0 Å². The number of ether oxygens (including phenoxy) is 1. The monoisotopic (exact) mass is 140 g/mol. The Bertz CT molecular complexity index is 163. The Balaban J connectivity index is 2.51. The van der Waals surface area contributed by atoms with E-state index in [1.165, 1.54) is 0 Å². The normalized spacial score (nSPS) is 32.3. The van der Waals surface area contributed by atoms with Crippen LogP contribution in [0.25, 0.3) is 0 Å². The summed E-state index contributed by atoms with van der Waals surface area (Å²) >= 11 is 0. The average Bonchev–Trinajstić information content (AvgIpc) is 2.33. The van der Waals surface area contributed by atoms with Gasteiger partial charge in [-0.25, -0.2) is 0 Å². The Morgan fingerprint density at radius 2 is 2.40 bits per heavy atom. The number of nitriles is 1. The molecule has 0 aromatic carbocycles. The Morgan fingerprint density at radius 1 is 1.70 bits per heavy atom. The van der Waals surface area contributed by atoms with Gasteiger partial charge in [0.15, 0.2) is 6.19 Å². The zero-order valence-corrected chi connectivity index (χ0v) is 6.42. The second-order valence-corrected chi connectivity index (χ2v) is 2.93. The van der Waals surface area contributed by atoms with Gasteiger partial charge in [-0.05, 0) is 13.3 Å². The van der Waals surface area contributed by atoms with Crippen LogP contribution in [0.2, 0.25) is 0 Å². The molecule has 0 bridgehead atoms. The maximum atomic E-state index is 8.51. The third-order valence-electron chi connectivity index (χ3n) is 2.07. The summed E-state index contributed by atoms with van der Waals surface area (Å²) in [4.78, 5) is 1.73. The van der Waals surface area contributed by atoms with E-state index in [4.69, 9.17) is 10.00 Å². The largest absolute Gasteiger partial charge is 0.377 e. The molecule has 0 aromatic rings. The van der Waals surface area contributed by atoms with Gasteiger partial charge in [-0.1, -0.05) is 0 Å². The summed E-state index contributed by atoms with van der Waals surface area (Å²) in [6, 6.07) is 0. The summed E-state index contributed by atoms with van der Waals surface area (Å²) in [5, 5.41) is 8.51. The molecule has 0 unspecified atom stereocenters. The summed E-state index contributed by atoms with van der Waals surface area (Å²) in [7, 11) is 1.70. The number of methoxy groups -OCH3 is 1. The minimum absolute atomic E-state index is 0.0876. The van der Waals surface area contributed by atoms with Crippen LogP contribution in [-0.4, -0.2) is 30.7 Å². The molecule has 1 aliphatic rings. The summed E-state index contributed by atoms with van der Waals surface area (Å²) in [5.41, 5.74) is -0.0876. The second kappa shape index (κ2) is 2.47. The van der Waals surface area contributed by atoms with E-state index >= 15 is 0 Å². The van der Waals surface area contributed by atoms with Crippen LogP contribution in [0.15, 0.2) is 0 Å². The van der Waals surface area contributed by atoms with Gasteiger partial charge >= 0.3 is 0 Å². The lowest BCUT2D eigenvalue weighted by molar-refractivity contribution is 0.0185. The van der Waals surface area contributed by atoms with Crippen LogP contribution < -0.4 is 0 Å². The molecule has 1 rings (SSSR count). The van der Waals surface area contributed by atoms with E-state index in [9.17, 15) is 0 Å². The third kappa shape index (κ3) is 1.22. The molecule has 0 aliphatic carbocycles. The number of likely N-dealkylation sites (tertiary alicyclic amines) is 1. The fraction of sp³-hybridized carbons (Fsp3) is 0.857. The maximum Gasteiger partial charge on any atom is 0.179 e. The van der Waals surface area contributed by atoms with Gasteiger partial charge in [0.25, 0.3) is 0 Å². The molecule has 1 fully saturated rings. The molecule has 1 aliphatic heterocycles. The van der Waals surface area contributed by atoms with Crippen molar-refractivity contribution in [2.75, 3.05) is 20.2 Å². The Morgan fingerprint density at radius 3 is 2.70 bits per heavy atom. The highest BCUT2D eigenvalue weighted by Gasteiger charge is 2.32. The van der Waals surface area contributed by atoms with Gasteiger partial charge in [0.1, 0.15) is 0 Å². The minimum Gasteiger partial charge on any atom is -0.377 e. The van der Waals surface area contributed by atoms with Crippen molar-refractivity contribution in [2.45, 2.75) is 18.9 Å². The Kier molecular flexibility index (Phi) is 1.82. The van der Waals surface area contributed by atoms with E-state index in [-0.39, 0.29) is 5.60 Å². The zero-order valence-electron chi connectivity index (χ0n) is 6.42. The molecule has 1 atom stereocenters. The number of hydrogen-bond donors (Lipinski definition) is 0. The number of hydrogen-bond acceptors (Lipinski definition) is 3. The predicted octanol–water partition coefficient (Wildman–Crippen LogP) is 0.578. The van der Waals surface area contributed by atoms with Crippen molar-refractivity contribution < 1.29 is 4.74 Å². The smallest absolute Gasteiger partial charge is 0.179 e. The lowest BCUT2D eigenvalue weighted by atomic mass is 10.1. The lowest BCUT2D eigenvalue weighted by Crippen LogP contribution is -2.30. The Hall–Kier alpha value is -0.750. The average molecular weight is 140 g/mol. The molecule has 0 N–H and O–H groups in total. The molecule has 3 heteroatoms.